The summed E-state index contributed by atoms with van der Waals surface area (Å²) in [6.45, 7) is 0.246. The Morgan fingerprint density at radius 3 is 2.38 bits per heavy atom. The molecule has 0 radical (unpaired) electrons. The highest BCUT2D eigenvalue weighted by Crippen LogP contribution is 2.15. The van der Waals surface area contributed by atoms with Gasteiger partial charge in [-0.1, -0.05) is 0 Å². The topological polar surface area (TPSA) is 46.5 Å². The lowest BCUT2D eigenvalue weighted by Crippen LogP contribution is -2.00. The van der Waals surface area contributed by atoms with Gasteiger partial charge in [-0.3, -0.25) is 4.79 Å². The van der Waals surface area contributed by atoms with Gasteiger partial charge in [-0.25, -0.2) is 8.78 Å². The monoisotopic (exact) mass is 230 g/mol. The number of hydrogen-bond donors (Lipinski definition) is 1. The molecule has 0 atom stereocenters. The second kappa shape index (κ2) is 6.05. The van der Waals surface area contributed by atoms with E-state index >= 15 is 0 Å². The molecule has 1 rings (SSSR count). The number of unbranched alkanes of at least 4 members (excludes halogenated alkanes) is 1. The van der Waals surface area contributed by atoms with Crippen molar-refractivity contribution in [2.75, 3.05) is 6.61 Å². The lowest BCUT2D eigenvalue weighted by Gasteiger charge is -2.05. The molecule has 0 aliphatic carbocycles. The molecule has 16 heavy (non-hydrogen) atoms. The van der Waals surface area contributed by atoms with E-state index < -0.39 is 17.6 Å². The van der Waals surface area contributed by atoms with E-state index in [2.05, 4.69) is 0 Å². The second-order valence-electron chi connectivity index (χ2n) is 3.30. The van der Waals surface area contributed by atoms with E-state index in [1.54, 1.807) is 0 Å². The SMILES string of the molecule is O=C(O)CCCCOc1cc(F)cc(F)c1. The molecule has 0 aliphatic rings. The zero-order chi connectivity index (χ0) is 12.0. The highest BCUT2D eigenvalue weighted by Gasteiger charge is 2.01. The maximum absolute atomic E-state index is 12.7. The Bertz CT molecular complexity index is 346. The summed E-state index contributed by atoms with van der Waals surface area (Å²) in [6, 6.07) is 2.93. The first-order valence-corrected chi connectivity index (χ1v) is 4.88. The van der Waals surface area contributed by atoms with Crippen molar-refractivity contribution in [3.05, 3.63) is 29.8 Å². The Labute approximate surface area is 91.7 Å². The molecule has 0 heterocycles. The zero-order valence-electron chi connectivity index (χ0n) is 8.58. The molecule has 0 bridgehead atoms. The van der Waals surface area contributed by atoms with Crippen molar-refractivity contribution in [1.82, 2.24) is 0 Å². The standard InChI is InChI=1S/C11H12F2O3/c12-8-5-9(13)7-10(6-8)16-4-2-1-3-11(14)15/h5-7H,1-4H2,(H,14,15). The van der Waals surface area contributed by atoms with Gasteiger partial charge in [-0.05, 0) is 12.8 Å². The number of hydrogen-bond acceptors (Lipinski definition) is 2. The maximum Gasteiger partial charge on any atom is 0.303 e. The molecule has 0 spiro atoms. The molecule has 0 aliphatic heterocycles. The lowest BCUT2D eigenvalue weighted by atomic mass is 10.2. The number of rotatable bonds is 6. The fraction of sp³-hybridized carbons (Fsp3) is 0.364. The molecule has 0 saturated carbocycles. The van der Waals surface area contributed by atoms with E-state index in [1.165, 1.54) is 0 Å². The van der Waals surface area contributed by atoms with Crippen LogP contribution >= 0.6 is 0 Å². The average molecular weight is 230 g/mol. The van der Waals surface area contributed by atoms with Gasteiger partial charge in [0.15, 0.2) is 0 Å². The predicted molar refractivity (Wildman–Crippen MR) is 53.3 cm³/mol. The largest absolute Gasteiger partial charge is 0.493 e. The number of halogens is 2. The fourth-order valence-electron chi connectivity index (χ4n) is 1.18. The first-order chi connectivity index (χ1) is 7.58. The summed E-state index contributed by atoms with van der Waals surface area (Å²) in [5, 5.41) is 8.36. The van der Waals surface area contributed by atoms with Crippen LogP contribution in [-0.4, -0.2) is 17.7 Å². The van der Waals surface area contributed by atoms with Crippen LogP contribution in [0.15, 0.2) is 18.2 Å². The quantitative estimate of drug-likeness (QED) is 0.764. The van der Waals surface area contributed by atoms with E-state index in [-0.39, 0.29) is 18.8 Å². The third kappa shape index (κ3) is 4.72. The highest BCUT2D eigenvalue weighted by molar-refractivity contribution is 5.66. The minimum Gasteiger partial charge on any atom is -0.493 e. The summed E-state index contributed by atoms with van der Waals surface area (Å²) in [6.07, 6.45) is 1.08. The number of carboxylic acid groups (broad SMARTS) is 1. The molecule has 1 aromatic carbocycles. The van der Waals surface area contributed by atoms with Gasteiger partial charge in [0, 0.05) is 24.6 Å². The van der Waals surface area contributed by atoms with Gasteiger partial charge in [0.05, 0.1) is 6.61 Å². The summed E-state index contributed by atoms with van der Waals surface area (Å²) >= 11 is 0. The van der Waals surface area contributed by atoms with Crippen molar-refractivity contribution >= 4 is 5.97 Å². The number of carboxylic acids is 1. The molecule has 3 nitrogen and oxygen atoms in total. The van der Waals surface area contributed by atoms with Crippen LogP contribution in [0.4, 0.5) is 8.78 Å². The summed E-state index contributed by atoms with van der Waals surface area (Å²) in [5.41, 5.74) is 0. The molecule has 0 saturated heterocycles. The number of aliphatic carboxylic acids is 1. The molecule has 5 heteroatoms. The van der Waals surface area contributed by atoms with E-state index in [1.807, 2.05) is 0 Å². The van der Waals surface area contributed by atoms with Crippen molar-refractivity contribution in [3.63, 3.8) is 0 Å². The molecule has 1 N–H and O–H groups in total. The van der Waals surface area contributed by atoms with Crippen molar-refractivity contribution < 1.29 is 23.4 Å². The first kappa shape index (κ1) is 12.4. The fourth-order valence-corrected chi connectivity index (χ4v) is 1.18. The molecule has 0 aromatic heterocycles. The second-order valence-corrected chi connectivity index (χ2v) is 3.30. The Hall–Kier alpha value is -1.65. The summed E-state index contributed by atoms with van der Waals surface area (Å²) in [7, 11) is 0. The van der Waals surface area contributed by atoms with Crippen LogP contribution in [0.25, 0.3) is 0 Å². The van der Waals surface area contributed by atoms with Crippen molar-refractivity contribution in [2.24, 2.45) is 0 Å². The van der Waals surface area contributed by atoms with Crippen molar-refractivity contribution in [1.29, 1.82) is 0 Å². The summed E-state index contributed by atoms with van der Waals surface area (Å²) in [4.78, 5) is 10.2. The van der Waals surface area contributed by atoms with Gasteiger partial charge in [0.25, 0.3) is 0 Å². The van der Waals surface area contributed by atoms with E-state index in [4.69, 9.17) is 9.84 Å². The van der Waals surface area contributed by atoms with Crippen LogP contribution in [0.5, 0.6) is 5.75 Å². The third-order valence-electron chi connectivity index (χ3n) is 1.89. The number of benzene rings is 1. The van der Waals surface area contributed by atoms with E-state index in [9.17, 15) is 13.6 Å². The van der Waals surface area contributed by atoms with Gasteiger partial charge >= 0.3 is 5.97 Å². The number of carbonyl (C=O) groups is 1. The van der Waals surface area contributed by atoms with Gasteiger partial charge in [0.1, 0.15) is 17.4 Å². The first-order valence-electron chi connectivity index (χ1n) is 4.88. The Balaban J connectivity index is 2.29. The van der Waals surface area contributed by atoms with Crippen LogP contribution in [0.1, 0.15) is 19.3 Å². The molecular weight excluding hydrogens is 218 g/mol. The van der Waals surface area contributed by atoms with Crippen LogP contribution in [0.2, 0.25) is 0 Å². The van der Waals surface area contributed by atoms with Gasteiger partial charge in [0.2, 0.25) is 0 Å². The molecule has 0 unspecified atom stereocenters. The Kier molecular flexibility index (Phi) is 4.69. The van der Waals surface area contributed by atoms with E-state index in [0.717, 1.165) is 18.2 Å². The minimum absolute atomic E-state index is 0.0703. The molecule has 88 valence electrons. The normalized spacial score (nSPS) is 10.1. The maximum atomic E-state index is 12.7. The number of ether oxygens (including phenoxy) is 1. The molecule has 0 amide bonds. The molecular formula is C11H12F2O3. The smallest absolute Gasteiger partial charge is 0.303 e. The lowest BCUT2D eigenvalue weighted by molar-refractivity contribution is -0.137. The van der Waals surface area contributed by atoms with Crippen LogP contribution < -0.4 is 4.74 Å². The zero-order valence-corrected chi connectivity index (χ0v) is 8.58. The van der Waals surface area contributed by atoms with Crippen LogP contribution in [-0.2, 0) is 4.79 Å². The predicted octanol–water partition coefficient (Wildman–Crippen LogP) is 2.60. The Morgan fingerprint density at radius 1 is 1.19 bits per heavy atom. The van der Waals surface area contributed by atoms with Gasteiger partial charge in [-0.2, -0.15) is 0 Å². The van der Waals surface area contributed by atoms with Crippen LogP contribution in [0, 0.1) is 11.6 Å². The van der Waals surface area contributed by atoms with Gasteiger partial charge in [-0.15, -0.1) is 0 Å². The van der Waals surface area contributed by atoms with Gasteiger partial charge < -0.3 is 9.84 Å². The third-order valence-corrected chi connectivity index (χ3v) is 1.89. The summed E-state index contributed by atoms with van der Waals surface area (Å²) in [5.74, 6) is -2.13. The average Bonchev–Trinajstić information content (AvgIpc) is 2.15. The van der Waals surface area contributed by atoms with Crippen molar-refractivity contribution in [2.45, 2.75) is 19.3 Å². The molecule has 1 aromatic rings. The van der Waals surface area contributed by atoms with Crippen LogP contribution in [0.3, 0.4) is 0 Å². The van der Waals surface area contributed by atoms with Crippen molar-refractivity contribution in [3.8, 4) is 5.75 Å². The highest BCUT2D eigenvalue weighted by atomic mass is 19.1. The van der Waals surface area contributed by atoms with E-state index in [0.29, 0.717) is 12.8 Å². The molecule has 0 fully saturated rings. The minimum atomic E-state index is -0.864. The Morgan fingerprint density at radius 2 is 1.81 bits per heavy atom. The summed E-state index contributed by atoms with van der Waals surface area (Å²) < 4.78 is 30.5.